The third-order valence-electron chi connectivity index (χ3n) is 2.90. The lowest BCUT2D eigenvalue weighted by atomic mass is 9.96. The van der Waals surface area contributed by atoms with Crippen LogP contribution in [0.5, 0.6) is 0 Å². The summed E-state index contributed by atoms with van der Waals surface area (Å²) in [5.74, 6) is -2.00. The quantitative estimate of drug-likeness (QED) is 0.860. The van der Waals surface area contributed by atoms with Crippen molar-refractivity contribution >= 4 is 11.9 Å². The summed E-state index contributed by atoms with van der Waals surface area (Å²) < 4.78 is 13.1. The van der Waals surface area contributed by atoms with Crippen molar-refractivity contribution in [3.05, 3.63) is 35.6 Å². The van der Waals surface area contributed by atoms with Crippen LogP contribution in [0.3, 0.4) is 0 Å². The van der Waals surface area contributed by atoms with Gasteiger partial charge in [-0.05, 0) is 37.5 Å². The molecule has 1 unspecified atom stereocenters. The molecule has 0 fully saturated rings. The summed E-state index contributed by atoms with van der Waals surface area (Å²) in [5.41, 5.74) is -0.595. The molecule has 4 nitrogen and oxygen atoms in total. The zero-order chi connectivity index (χ0) is 14.6. The monoisotopic (exact) mass is 267 g/mol. The molecule has 1 atom stereocenters. The van der Waals surface area contributed by atoms with Crippen LogP contribution in [0.1, 0.15) is 38.7 Å². The molecule has 1 amide bonds. The van der Waals surface area contributed by atoms with Crippen molar-refractivity contribution in [3.63, 3.8) is 0 Å². The van der Waals surface area contributed by atoms with Crippen LogP contribution in [0.2, 0.25) is 0 Å². The SMILES string of the molecule is CC(CC(=O)NC(C)(C)C(=O)O)c1cccc(F)c1. The molecule has 0 heterocycles. The number of benzene rings is 1. The van der Waals surface area contributed by atoms with E-state index in [0.29, 0.717) is 5.56 Å². The Morgan fingerprint density at radius 1 is 1.42 bits per heavy atom. The molecule has 0 radical (unpaired) electrons. The van der Waals surface area contributed by atoms with Gasteiger partial charge in [0.25, 0.3) is 0 Å². The highest BCUT2D eigenvalue weighted by Gasteiger charge is 2.29. The molecule has 19 heavy (non-hydrogen) atoms. The van der Waals surface area contributed by atoms with Crippen molar-refractivity contribution in [1.82, 2.24) is 5.32 Å². The number of hydrogen-bond donors (Lipinski definition) is 2. The molecule has 1 rings (SSSR count). The number of amides is 1. The number of carbonyl (C=O) groups is 2. The first-order chi connectivity index (χ1) is 8.72. The Kier molecular flexibility index (Phi) is 4.64. The Morgan fingerprint density at radius 2 is 2.05 bits per heavy atom. The van der Waals surface area contributed by atoms with Gasteiger partial charge in [-0.1, -0.05) is 19.1 Å². The summed E-state index contributed by atoms with van der Waals surface area (Å²) >= 11 is 0. The number of halogens is 1. The zero-order valence-corrected chi connectivity index (χ0v) is 11.2. The molecule has 1 aromatic carbocycles. The lowest BCUT2D eigenvalue weighted by Crippen LogP contribution is -2.49. The van der Waals surface area contributed by atoms with E-state index in [1.807, 2.05) is 0 Å². The van der Waals surface area contributed by atoms with Gasteiger partial charge in [0.15, 0.2) is 0 Å². The Bertz CT molecular complexity index is 485. The van der Waals surface area contributed by atoms with Gasteiger partial charge in [-0.2, -0.15) is 0 Å². The zero-order valence-electron chi connectivity index (χ0n) is 11.2. The number of nitrogens with one attached hydrogen (secondary N) is 1. The number of hydrogen-bond acceptors (Lipinski definition) is 2. The van der Waals surface area contributed by atoms with Crippen LogP contribution in [-0.4, -0.2) is 22.5 Å². The van der Waals surface area contributed by atoms with E-state index < -0.39 is 11.5 Å². The van der Waals surface area contributed by atoms with E-state index in [1.165, 1.54) is 26.0 Å². The van der Waals surface area contributed by atoms with Crippen molar-refractivity contribution in [1.29, 1.82) is 0 Å². The Hall–Kier alpha value is -1.91. The highest BCUT2D eigenvalue weighted by molar-refractivity contribution is 5.86. The van der Waals surface area contributed by atoms with Crippen molar-refractivity contribution in [2.45, 2.75) is 38.6 Å². The molecule has 0 aliphatic carbocycles. The third-order valence-corrected chi connectivity index (χ3v) is 2.90. The predicted molar refractivity (Wildman–Crippen MR) is 69.3 cm³/mol. The number of rotatable bonds is 5. The molecule has 0 aromatic heterocycles. The molecule has 104 valence electrons. The molecule has 1 aromatic rings. The van der Waals surface area contributed by atoms with Crippen LogP contribution in [0.15, 0.2) is 24.3 Å². The van der Waals surface area contributed by atoms with Crippen LogP contribution in [0.25, 0.3) is 0 Å². The van der Waals surface area contributed by atoms with Gasteiger partial charge in [-0.15, -0.1) is 0 Å². The van der Waals surface area contributed by atoms with Gasteiger partial charge in [0, 0.05) is 6.42 Å². The lowest BCUT2D eigenvalue weighted by Gasteiger charge is -2.22. The van der Waals surface area contributed by atoms with Gasteiger partial charge in [0.2, 0.25) is 5.91 Å². The second kappa shape index (κ2) is 5.82. The summed E-state index contributed by atoms with van der Waals surface area (Å²) in [4.78, 5) is 22.7. The lowest BCUT2D eigenvalue weighted by molar-refractivity contribution is -0.146. The maximum atomic E-state index is 13.1. The van der Waals surface area contributed by atoms with Gasteiger partial charge in [0.1, 0.15) is 11.4 Å². The normalized spacial score (nSPS) is 12.8. The summed E-state index contributed by atoms with van der Waals surface area (Å²) in [6.45, 7) is 4.63. The van der Waals surface area contributed by atoms with Crippen LogP contribution in [-0.2, 0) is 9.59 Å². The van der Waals surface area contributed by atoms with E-state index in [1.54, 1.807) is 19.1 Å². The fourth-order valence-electron chi connectivity index (χ4n) is 1.66. The van der Waals surface area contributed by atoms with Crippen LogP contribution >= 0.6 is 0 Å². The molecule has 0 spiro atoms. The van der Waals surface area contributed by atoms with E-state index in [4.69, 9.17) is 5.11 Å². The number of aliphatic carboxylic acids is 1. The maximum absolute atomic E-state index is 13.1. The van der Waals surface area contributed by atoms with Gasteiger partial charge >= 0.3 is 5.97 Å². The summed E-state index contributed by atoms with van der Waals surface area (Å²) in [5, 5.41) is 11.4. The fraction of sp³-hybridized carbons (Fsp3) is 0.429. The molecule has 0 saturated heterocycles. The summed E-state index contributed by atoms with van der Waals surface area (Å²) in [6, 6.07) is 6.04. The summed E-state index contributed by atoms with van der Waals surface area (Å²) in [7, 11) is 0. The fourth-order valence-corrected chi connectivity index (χ4v) is 1.66. The molecular formula is C14H18FNO3. The van der Waals surface area contributed by atoms with Crippen molar-refractivity contribution in [2.75, 3.05) is 0 Å². The minimum Gasteiger partial charge on any atom is -0.480 e. The standard InChI is InChI=1S/C14H18FNO3/c1-9(10-5-4-6-11(15)8-10)7-12(17)16-14(2,3)13(18)19/h4-6,8-9H,7H2,1-3H3,(H,16,17)(H,18,19). The van der Waals surface area contributed by atoms with Crippen molar-refractivity contribution in [3.8, 4) is 0 Å². The number of carboxylic acids is 1. The van der Waals surface area contributed by atoms with Crippen LogP contribution in [0.4, 0.5) is 4.39 Å². The maximum Gasteiger partial charge on any atom is 0.328 e. The highest BCUT2D eigenvalue weighted by atomic mass is 19.1. The Balaban J connectivity index is 2.65. The smallest absolute Gasteiger partial charge is 0.328 e. The first kappa shape index (κ1) is 15.1. The van der Waals surface area contributed by atoms with Crippen LogP contribution in [0, 0.1) is 5.82 Å². The average molecular weight is 267 g/mol. The average Bonchev–Trinajstić information content (AvgIpc) is 2.27. The summed E-state index contributed by atoms with van der Waals surface area (Å²) in [6.07, 6.45) is 0.111. The number of carboxylic acid groups (broad SMARTS) is 1. The van der Waals surface area contributed by atoms with Crippen LogP contribution < -0.4 is 5.32 Å². The predicted octanol–water partition coefficient (Wildman–Crippen LogP) is 2.30. The second-order valence-electron chi connectivity index (χ2n) is 5.14. The minimum atomic E-state index is -1.31. The van der Waals surface area contributed by atoms with Gasteiger partial charge in [-0.25, -0.2) is 9.18 Å². The van der Waals surface area contributed by atoms with E-state index >= 15 is 0 Å². The molecule has 0 aliphatic rings. The van der Waals surface area contributed by atoms with E-state index in [9.17, 15) is 14.0 Å². The molecule has 0 bridgehead atoms. The minimum absolute atomic E-state index is 0.111. The Morgan fingerprint density at radius 3 is 2.58 bits per heavy atom. The third kappa shape index (κ3) is 4.35. The first-order valence-corrected chi connectivity index (χ1v) is 6.02. The topological polar surface area (TPSA) is 66.4 Å². The van der Waals surface area contributed by atoms with Gasteiger partial charge < -0.3 is 10.4 Å². The number of carbonyl (C=O) groups excluding carboxylic acids is 1. The molecule has 5 heteroatoms. The van der Waals surface area contributed by atoms with E-state index in [-0.39, 0.29) is 24.1 Å². The van der Waals surface area contributed by atoms with Gasteiger partial charge in [0.05, 0.1) is 0 Å². The molecule has 0 aliphatic heterocycles. The van der Waals surface area contributed by atoms with E-state index in [0.717, 1.165) is 0 Å². The first-order valence-electron chi connectivity index (χ1n) is 6.02. The van der Waals surface area contributed by atoms with E-state index in [2.05, 4.69) is 5.32 Å². The molecule has 2 N–H and O–H groups in total. The van der Waals surface area contributed by atoms with Crippen molar-refractivity contribution in [2.24, 2.45) is 0 Å². The largest absolute Gasteiger partial charge is 0.480 e. The van der Waals surface area contributed by atoms with Crippen molar-refractivity contribution < 1.29 is 19.1 Å². The molecule has 0 saturated carbocycles. The second-order valence-corrected chi connectivity index (χ2v) is 5.14. The highest BCUT2D eigenvalue weighted by Crippen LogP contribution is 2.20. The molecular weight excluding hydrogens is 249 g/mol. The Labute approximate surface area is 111 Å². The van der Waals surface area contributed by atoms with Gasteiger partial charge in [-0.3, -0.25) is 4.79 Å².